The van der Waals surface area contributed by atoms with Crippen LogP contribution >= 0.6 is 0 Å². The van der Waals surface area contributed by atoms with Gasteiger partial charge in [0.25, 0.3) is 0 Å². The summed E-state index contributed by atoms with van der Waals surface area (Å²) in [7, 11) is 1.00. The van der Waals surface area contributed by atoms with Crippen LogP contribution in [0.4, 0.5) is 0 Å². The van der Waals surface area contributed by atoms with Crippen molar-refractivity contribution in [2.75, 3.05) is 13.7 Å². The molecule has 0 atom stereocenters. The Morgan fingerprint density at radius 1 is 1.20 bits per heavy atom. The van der Waals surface area contributed by atoms with Gasteiger partial charge in [0.1, 0.15) is 12.4 Å². The van der Waals surface area contributed by atoms with Crippen molar-refractivity contribution in [3.63, 3.8) is 0 Å². The monoisotopic (exact) mass is 210 g/mol. The Morgan fingerprint density at radius 2 is 1.67 bits per heavy atom. The van der Waals surface area contributed by atoms with Gasteiger partial charge in [-0.25, -0.2) is 0 Å². The highest BCUT2D eigenvalue weighted by atomic mass is 16.5. The molecular formula is C12H18O3. The van der Waals surface area contributed by atoms with Crippen molar-refractivity contribution in [3.05, 3.63) is 28.8 Å². The number of rotatable bonds is 3. The number of hydrogen-bond acceptors (Lipinski definition) is 3. The van der Waals surface area contributed by atoms with Crippen molar-refractivity contribution in [2.45, 2.75) is 20.8 Å². The van der Waals surface area contributed by atoms with E-state index in [0.29, 0.717) is 0 Å². The number of aliphatic hydroxyl groups is 1. The summed E-state index contributed by atoms with van der Waals surface area (Å²) in [5, 5.41) is 7.00. The van der Waals surface area contributed by atoms with Crippen LogP contribution in [0.5, 0.6) is 5.75 Å². The predicted molar refractivity (Wildman–Crippen MR) is 60.4 cm³/mol. The van der Waals surface area contributed by atoms with Gasteiger partial charge in [-0.2, -0.15) is 0 Å². The lowest BCUT2D eigenvalue weighted by Crippen LogP contribution is -1.99. The fourth-order valence-electron chi connectivity index (χ4n) is 1.21. The number of aryl methyl sites for hydroxylation is 2. The molecule has 0 aliphatic heterocycles. The Hall–Kier alpha value is -1.35. The van der Waals surface area contributed by atoms with E-state index in [0.717, 1.165) is 19.1 Å². The molecule has 0 fully saturated rings. The van der Waals surface area contributed by atoms with Crippen molar-refractivity contribution in [3.8, 4) is 5.75 Å². The third kappa shape index (κ3) is 4.13. The molecule has 1 rings (SSSR count). The molecule has 0 aliphatic rings. The van der Waals surface area contributed by atoms with Crippen LogP contribution in [0, 0.1) is 20.8 Å². The molecule has 0 aromatic heterocycles. The SMILES string of the molecule is CO.Cc1cc(OCC=O)cc(C)c1C. The number of hydrogen-bond donors (Lipinski definition) is 1. The van der Waals surface area contributed by atoms with E-state index in [1.165, 1.54) is 16.7 Å². The molecule has 3 heteroatoms. The van der Waals surface area contributed by atoms with Gasteiger partial charge in [-0.15, -0.1) is 0 Å². The van der Waals surface area contributed by atoms with E-state index < -0.39 is 0 Å². The molecule has 0 radical (unpaired) electrons. The number of carbonyl (C=O) groups is 1. The average molecular weight is 210 g/mol. The van der Waals surface area contributed by atoms with E-state index in [1.54, 1.807) is 0 Å². The Morgan fingerprint density at radius 3 is 2.07 bits per heavy atom. The van der Waals surface area contributed by atoms with Gasteiger partial charge in [-0.3, -0.25) is 4.79 Å². The maximum absolute atomic E-state index is 10.1. The van der Waals surface area contributed by atoms with Crippen LogP contribution in [0.1, 0.15) is 16.7 Å². The molecule has 15 heavy (non-hydrogen) atoms. The van der Waals surface area contributed by atoms with Crippen LogP contribution in [-0.4, -0.2) is 25.1 Å². The molecule has 0 amide bonds. The quantitative estimate of drug-likeness (QED) is 0.774. The lowest BCUT2D eigenvalue weighted by molar-refractivity contribution is -0.109. The molecule has 1 aromatic carbocycles. The molecule has 1 aromatic rings. The first-order chi connectivity index (χ1) is 7.15. The molecule has 0 saturated carbocycles. The summed E-state index contributed by atoms with van der Waals surface area (Å²) in [5.74, 6) is 0.771. The summed E-state index contributed by atoms with van der Waals surface area (Å²) in [6.07, 6.45) is 0.754. The molecule has 84 valence electrons. The van der Waals surface area contributed by atoms with Crippen LogP contribution in [-0.2, 0) is 4.79 Å². The first-order valence-electron chi connectivity index (χ1n) is 4.74. The fraction of sp³-hybridized carbons (Fsp3) is 0.417. The zero-order chi connectivity index (χ0) is 11.8. The maximum Gasteiger partial charge on any atom is 0.157 e. The van der Waals surface area contributed by atoms with E-state index in [-0.39, 0.29) is 6.61 Å². The van der Waals surface area contributed by atoms with E-state index >= 15 is 0 Å². The fourth-order valence-corrected chi connectivity index (χ4v) is 1.21. The summed E-state index contributed by atoms with van der Waals surface area (Å²) >= 11 is 0. The van der Waals surface area contributed by atoms with Gasteiger partial charge < -0.3 is 9.84 Å². The van der Waals surface area contributed by atoms with E-state index in [4.69, 9.17) is 9.84 Å². The Bertz CT molecular complexity index is 296. The highest BCUT2D eigenvalue weighted by Crippen LogP contribution is 2.20. The van der Waals surface area contributed by atoms with E-state index in [1.807, 2.05) is 26.0 Å². The zero-order valence-electron chi connectivity index (χ0n) is 9.70. The molecular weight excluding hydrogens is 192 g/mol. The number of ether oxygens (including phenoxy) is 1. The first-order valence-corrected chi connectivity index (χ1v) is 4.74. The van der Waals surface area contributed by atoms with Gasteiger partial charge in [0.15, 0.2) is 6.29 Å². The van der Waals surface area contributed by atoms with Crippen molar-refractivity contribution in [1.29, 1.82) is 0 Å². The van der Waals surface area contributed by atoms with Crippen molar-refractivity contribution in [1.82, 2.24) is 0 Å². The molecule has 0 saturated heterocycles. The van der Waals surface area contributed by atoms with Gasteiger partial charge in [-0.05, 0) is 49.6 Å². The minimum absolute atomic E-state index is 0.127. The maximum atomic E-state index is 10.1. The molecule has 0 aliphatic carbocycles. The summed E-state index contributed by atoms with van der Waals surface area (Å²) < 4.78 is 5.20. The average Bonchev–Trinajstić information content (AvgIpc) is 2.25. The number of aldehydes is 1. The normalized spacial score (nSPS) is 8.87. The van der Waals surface area contributed by atoms with Crippen molar-refractivity contribution < 1.29 is 14.6 Å². The second-order valence-corrected chi connectivity index (χ2v) is 3.16. The van der Waals surface area contributed by atoms with Crippen LogP contribution in [0.25, 0.3) is 0 Å². The number of carbonyl (C=O) groups excluding carboxylic acids is 1. The van der Waals surface area contributed by atoms with Crippen LogP contribution < -0.4 is 4.74 Å². The van der Waals surface area contributed by atoms with E-state index in [9.17, 15) is 4.79 Å². The van der Waals surface area contributed by atoms with Crippen molar-refractivity contribution in [2.24, 2.45) is 0 Å². The first kappa shape index (κ1) is 13.7. The van der Waals surface area contributed by atoms with E-state index in [2.05, 4.69) is 6.92 Å². The number of aliphatic hydroxyl groups excluding tert-OH is 1. The Kier molecular flexibility index (Phi) is 6.38. The summed E-state index contributed by atoms with van der Waals surface area (Å²) in [6.45, 7) is 6.28. The molecule has 3 nitrogen and oxygen atoms in total. The minimum Gasteiger partial charge on any atom is -0.486 e. The van der Waals surface area contributed by atoms with Crippen LogP contribution in [0.15, 0.2) is 12.1 Å². The van der Waals surface area contributed by atoms with Crippen molar-refractivity contribution >= 4 is 6.29 Å². The van der Waals surface area contributed by atoms with Gasteiger partial charge >= 0.3 is 0 Å². The molecule has 0 spiro atoms. The molecule has 1 N–H and O–H groups in total. The minimum atomic E-state index is 0.127. The number of benzene rings is 1. The summed E-state index contributed by atoms with van der Waals surface area (Å²) in [6, 6.07) is 3.90. The lowest BCUT2D eigenvalue weighted by atomic mass is 10.0. The van der Waals surface area contributed by atoms with Gasteiger partial charge in [0.05, 0.1) is 0 Å². The highest BCUT2D eigenvalue weighted by molar-refractivity contribution is 5.51. The Balaban J connectivity index is 0.000000921. The van der Waals surface area contributed by atoms with Crippen LogP contribution in [0.2, 0.25) is 0 Å². The summed E-state index contributed by atoms with van der Waals surface area (Å²) in [4.78, 5) is 10.1. The highest BCUT2D eigenvalue weighted by Gasteiger charge is 2.00. The third-order valence-corrected chi connectivity index (χ3v) is 2.22. The zero-order valence-corrected chi connectivity index (χ0v) is 9.70. The second-order valence-electron chi connectivity index (χ2n) is 3.16. The predicted octanol–water partition coefficient (Wildman–Crippen LogP) is 1.80. The summed E-state index contributed by atoms with van der Waals surface area (Å²) in [5.41, 5.74) is 3.67. The van der Waals surface area contributed by atoms with Crippen LogP contribution in [0.3, 0.4) is 0 Å². The smallest absolute Gasteiger partial charge is 0.157 e. The van der Waals surface area contributed by atoms with Gasteiger partial charge in [-0.1, -0.05) is 0 Å². The standard InChI is InChI=1S/C11H14O2.CH4O/c1-8-6-11(13-5-4-12)7-9(2)10(8)3;1-2/h4,6-7H,5H2,1-3H3;2H,1H3. The van der Waals surface area contributed by atoms with Gasteiger partial charge in [0.2, 0.25) is 0 Å². The molecule has 0 bridgehead atoms. The lowest BCUT2D eigenvalue weighted by Gasteiger charge is -2.08. The third-order valence-electron chi connectivity index (χ3n) is 2.22. The molecule has 0 unspecified atom stereocenters. The second kappa shape index (κ2) is 7.01. The van der Waals surface area contributed by atoms with Gasteiger partial charge in [0, 0.05) is 7.11 Å². The Labute approximate surface area is 90.7 Å². The topological polar surface area (TPSA) is 46.5 Å². The molecule has 0 heterocycles. The largest absolute Gasteiger partial charge is 0.486 e.